The average molecular weight is 521 g/mol. The number of rotatable bonds is 12. The van der Waals surface area contributed by atoms with Gasteiger partial charge in [-0.3, -0.25) is 0 Å². The van der Waals surface area contributed by atoms with Crippen LogP contribution in [0.1, 0.15) is 11.1 Å². The van der Waals surface area contributed by atoms with Crippen molar-refractivity contribution in [1.29, 1.82) is 0 Å². The SMILES string of the molecule is COc1cc2ncnc(Nc3ccc(OCc4ccccc4)cc3)c2cc1CCN(C)CCS(C)(=O)=O. The Balaban J connectivity index is 1.47. The lowest BCUT2D eigenvalue weighted by Crippen LogP contribution is -2.27. The van der Waals surface area contributed by atoms with Gasteiger partial charge in [0.05, 0.1) is 18.4 Å². The molecule has 37 heavy (non-hydrogen) atoms. The lowest BCUT2D eigenvalue weighted by Gasteiger charge is -2.18. The van der Waals surface area contributed by atoms with Crippen molar-refractivity contribution in [2.75, 3.05) is 44.6 Å². The molecule has 0 amide bonds. The lowest BCUT2D eigenvalue weighted by atomic mass is 10.1. The minimum Gasteiger partial charge on any atom is -0.496 e. The molecule has 0 unspecified atom stereocenters. The zero-order valence-corrected chi connectivity index (χ0v) is 22.2. The van der Waals surface area contributed by atoms with Crippen molar-refractivity contribution < 1.29 is 17.9 Å². The lowest BCUT2D eigenvalue weighted by molar-refractivity contribution is 0.306. The molecule has 0 radical (unpaired) electrons. The Hall–Kier alpha value is -3.69. The number of aromatic nitrogens is 2. The number of nitrogens with one attached hydrogen (secondary N) is 1. The standard InChI is InChI=1S/C28H32N4O4S/c1-32(15-16-37(3,33)34)14-13-22-17-25-26(18-27(22)35-2)29-20-30-28(25)31-23-9-11-24(12-10-23)36-19-21-7-5-4-6-8-21/h4-12,17-18,20H,13-16,19H2,1-3H3,(H,29,30,31). The number of ether oxygens (including phenoxy) is 2. The number of methoxy groups -OCH3 is 1. The zero-order chi connectivity index (χ0) is 26.3. The summed E-state index contributed by atoms with van der Waals surface area (Å²) in [7, 11) is 0.560. The van der Waals surface area contributed by atoms with E-state index in [0.29, 0.717) is 31.9 Å². The number of fused-ring (bicyclic) bond motifs is 1. The molecule has 194 valence electrons. The first-order chi connectivity index (χ1) is 17.8. The van der Waals surface area contributed by atoms with Gasteiger partial charge in [-0.05, 0) is 54.9 Å². The molecular weight excluding hydrogens is 488 g/mol. The van der Waals surface area contributed by atoms with Crippen LogP contribution in [0, 0.1) is 0 Å². The van der Waals surface area contributed by atoms with Gasteiger partial charge >= 0.3 is 0 Å². The van der Waals surface area contributed by atoms with E-state index >= 15 is 0 Å². The average Bonchev–Trinajstić information content (AvgIpc) is 2.90. The van der Waals surface area contributed by atoms with Crippen LogP contribution in [-0.2, 0) is 22.9 Å². The molecule has 0 atom stereocenters. The van der Waals surface area contributed by atoms with Crippen LogP contribution in [0.5, 0.6) is 11.5 Å². The molecule has 0 aliphatic rings. The Morgan fingerprint density at radius 2 is 1.73 bits per heavy atom. The first-order valence-corrected chi connectivity index (χ1v) is 14.1. The monoisotopic (exact) mass is 520 g/mol. The Bertz CT molecular complexity index is 1430. The Labute approximate surface area is 218 Å². The predicted molar refractivity (Wildman–Crippen MR) is 148 cm³/mol. The van der Waals surface area contributed by atoms with Gasteiger partial charge in [0.15, 0.2) is 0 Å². The maximum atomic E-state index is 11.5. The van der Waals surface area contributed by atoms with Crippen molar-refractivity contribution in [2.45, 2.75) is 13.0 Å². The molecule has 3 aromatic carbocycles. The van der Waals surface area contributed by atoms with Gasteiger partial charge in [-0.2, -0.15) is 0 Å². The molecule has 4 rings (SSSR count). The van der Waals surface area contributed by atoms with Crippen molar-refractivity contribution in [2.24, 2.45) is 0 Å². The fourth-order valence-corrected chi connectivity index (χ4v) is 4.51. The Kier molecular flexibility index (Phi) is 8.58. The summed E-state index contributed by atoms with van der Waals surface area (Å²) >= 11 is 0. The van der Waals surface area contributed by atoms with E-state index in [1.54, 1.807) is 7.11 Å². The quantitative estimate of drug-likeness (QED) is 0.292. The van der Waals surface area contributed by atoms with Crippen molar-refractivity contribution in [3.63, 3.8) is 0 Å². The fraction of sp³-hybridized carbons (Fsp3) is 0.286. The van der Waals surface area contributed by atoms with Crippen LogP contribution in [0.2, 0.25) is 0 Å². The molecule has 0 aliphatic heterocycles. The van der Waals surface area contributed by atoms with Gasteiger partial charge in [0.1, 0.15) is 40.1 Å². The first-order valence-electron chi connectivity index (χ1n) is 12.0. The minimum absolute atomic E-state index is 0.135. The Morgan fingerprint density at radius 1 is 0.973 bits per heavy atom. The largest absolute Gasteiger partial charge is 0.496 e. The number of benzene rings is 3. The molecule has 0 saturated heterocycles. The van der Waals surface area contributed by atoms with Gasteiger partial charge in [-0.1, -0.05) is 30.3 Å². The van der Waals surface area contributed by atoms with Gasteiger partial charge in [-0.15, -0.1) is 0 Å². The number of hydrogen-bond acceptors (Lipinski definition) is 8. The highest BCUT2D eigenvalue weighted by Crippen LogP contribution is 2.30. The first kappa shape index (κ1) is 26.4. The molecule has 0 spiro atoms. The van der Waals surface area contributed by atoms with Crippen molar-refractivity contribution in [1.82, 2.24) is 14.9 Å². The van der Waals surface area contributed by atoms with Crippen LogP contribution in [0.15, 0.2) is 73.1 Å². The summed E-state index contributed by atoms with van der Waals surface area (Å²) in [4.78, 5) is 10.9. The highest BCUT2D eigenvalue weighted by molar-refractivity contribution is 7.90. The van der Waals surface area contributed by atoms with Crippen LogP contribution in [0.3, 0.4) is 0 Å². The molecule has 0 saturated carbocycles. The summed E-state index contributed by atoms with van der Waals surface area (Å²) in [5, 5.41) is 4.27. The molecule has 1 aromatic heterocycles. The molecule has 8 nitrogen and oxygen atoms in total. The number of anilines is 2. The second-order valence-corrected chi connectivity index (χ2v) is 11.3. The van der Waals surface area contributed by atoms with E-state index in [0.717, 1.165) is 39.2 Å². The van der Waals surface area contributed by atoms with Gasteiger partial charge < -0.3 is 19.7 Å². The molecule has 0 aliphatic carbocycles. The molecule has 1 heterocycles. The Morgan fingerprint density at radius 3 is 2.43 bits per heavy atom. The van der Waals surface area contributed by atoms with Crippen LogP contribution in [-0.4, -0.2) is 62.5 Å². The molecule has 0 bridgehead atoms. The maximum Gasteiger partial charge on any atom is 0.148 e. The van der Waals surface area contributed by atoms with E-state index in [9.17, 15) is 8.42 Å². The third kappa shape index (κ3) is 7.65. The summed E-state index contributed by atoms with van der Waals surface area (Å²) in [5.41, 5.74) is 3.77. The van der Waals surface area contributed by atoms with Crippen LogP contribution >= 0.6 is 0 Å². The van der Waals surface area contributed by atoms with E-state index < -0.39 is 9.84 Å². The molecule has 1 N–H and O–H groups in total. The number of likely N-dealkylation sites (N-methyl/N-ethyl adjacent to an activating group) is 1. The van der Waals surface area contributed by atoms with Gasteiger partial charge in [-0.25, -0.2) is 18.4 Å². The molecular formula is C28H32N4O4S. The van der Waals surface area contributed by atoms with E-state index in [4.69, 9.17) is 9.47 Å². The van der Waals surface area contributed by atoms with Gasteiger partial charge in [0.2, 0.25) is 0 Å². The van der Waals surface area contributed by atoms with Gasteiger partial charge in [0.25, 0.3) is 0 Å². The maximum absolute atomic E-state index is 11.5. The third-order valence-electron chi connectivity index (χ3n) is 6.01. The predicted octanol–water partition coefficient (Wildman–Crippen LogP) is 4.48. The third-order valence-corrected chi connectivity index (χ3v) is 6.93. The fourth-order valence-electron chi connectivity index (χ4n) is 3.87. The van der Waals surface area contributed by atoms with E-state index in [1.807, 2.05) is 78.7 Å². The summed E-state index contributed by atoms with van der Waals surface area (Å²) in [6.07, 6.45) is 3.48. The highest BCUT2D eigenvalue weighted by Gasteiger charge is 2.13. The normalized spacial score (nSPS) is 11.6. The number of nitrogens with zero attached hydrogens (tertiary/aromatic N) is 3. The summed E-state index contributed by atoms with van der Waals surface area (Å²) in [6.45, 7) is 1.69. The second kappa shape index (κ2) is 12.0. The van der Waals surface area contributed by atoms with Crippen molar-refractivity contribution >= 4 is 32.2 Å². The van der Waals surface area contributed by atoms with Crippen LogP contribution in [0.25, 0.3) is 10.9 Å². The summed E-state index contributed by atoms with van der Waals surface area (Å²) in [6, 6.07) is 21.8. The molecule has 9 heteroatoms. The van der Waals surface area contributed by atoms with Crippen LogP contribution < -0.4 is 14.8 Å². The van der Waals surface area contributed by atoms with Crippen molar-refractivity contribution in [3.05, 3.63) is 84.2 Å². The van der Waals surface area contributed by atoms with Crippen molar-refractivity contribution in [3.8, 4) is 11.5 Å². The second-order valence-electron chi connectivity index (χ2n) is 9.01. The topological polar surface area (TPSA) is 93.7 Å². The molecule has 4 aromatic rings. The van der Waals surface area contributed by atoms with E-state index in [1.165, 1.54) is 12.6 Å². The number of sulfone groups is 1. The number of hydrogen-bond donors (Lipinski definition) is 1. The van der Waals surface area contributed by atoms with Gasteiger partial charge in [0, 0.05) is 36.5 Å². The summed E-state index contributed by atoms with van der Waals surface area (Å²) in [5.74, 6) is 2.36. The minimum atomic E-state index is -3.00. The van der Waals surface area contributed by atoms with E-state index in [2.05, 4.69) is 15.3 Å². The van der Waals surface area contributed by atoms with Crippen LogP contribution in [0.4, 0.5) is 11.5 Å². The summed E-state index contributed by atoms with van der Waals surface area (Å²) < 4.78 is 34.5. The zero-order valence-electron chi connectivity index (χ0n) is 21.3. The smallest absolute Gasteiger partial charge is 0.148 e. The van der Waals surface area contributed by atoms with E-state index in [-0.39, 0.29) is 5.75 Å². The molecule has 0 fully saturated rings. The highest BCUT2D eigenvalue weighted by atomic mass is 32.2.